The molecule has 0 spiro atoms. The molecule has 4 heteroatoms. The summed E-state index contributed by atoms with van der Waals surface area (Å²) in [5.74, 6) is -0.213. The number of primary amides is 1. The van der Waals surface area contributed by atoms with Gasteiger partial charge in [0.1, 0.15) is 0 Å². The zero-order valence-electron chi connectivity index (χ0n) is 10.9. The molecule has 1 amide bonds. The topological polar surface area (TPSA) is 58.4 Å². The van der Waals surface area contributed by atoms with Gasteiger partial charge in [0.25, 0.3) is 0 Å². The van der Waals surface area contributed by atoms with Gasteiger partial charge in [-0.05, 0) is 46.7 Å². The molecule has 0 saturated heterocycles. The summed E-state index contributed by atoms with van der Waals surface area (Å²) in [6.07, 6.45) is 3.87. The summed E-state index contributed by atoms with van der Waals surface area (Å²) in [6.45, 7) is 4.42. The number of carbonyl (C=O) groups is 1. The molecule has 0 aromatic rings. The summed E-state index contributed by atoms with van der Waals surface area (Å²) in [5, 5.41) is 3.12. The van der Waals surface area contributed by atoms with E-state index in [-0.39, 0.29) is 5.91 Å². The van der Waals surface area contributed by atoms with Crippen molar-refractivity contribution in [2.24, 2.45) is 5.73 Å². The predicted octanol–water partition coefficient (Wildman–Crippen LogP) is 0.713. The molecule has 0 aromatic carbocycles. The van der Waals surface area contributed by atoms with Gasteiger partial charge in [-0.15, -0.1) is 0 Å². The van der Waals surface area contributed by atoms with Gasteiger partial charge in [0, 0.05) is 12.1 Å². The number of amides is 1. The van der Waals surface area contributed by atoms with Crippen LogP contribution in [0.1, 0.15) is 39.5 Å². The van der Waals surface area contributed by atoms with E-state index in [1.807, 2.05) is 7.05 Å². The molecule has 4 nitrogen and oxygen atoms in total. The highest BCUT2D eigenvalue weighted by atomic mass is 16.1. The van der Waals surface area contributed by atoms with Gasteiger partial charge in [-0.3, -0.25) is 4.79 Å². The Morgan fingerprint density at radius 2 is 2.31 bits per heavy atom. The molecule has 1 saturated carbocycles. The molecule has 1 aliphatic rings. The van der Waals surface area contributed by atoms with Crippen molar-refractivity contribution in [2.45, 2.75) is 57.2 Å². The minimum absolute atomic E-state index is 0.213. The quantitative estimate of drug-likeness (QED) is 0.727. The molecule has 3 N–H and O–H groups in total. The standard InChI is InChI=1S/C12H25N3O/c1-5-9(2)15(4)10-6-7-12(8-10,14-3)11(13)16/h9-10,14H,5-8H2,1-4H3,(H2,13,16). The fourth-order valence-corrected chi connectivity index (χ4v) is 2.59. The molecule has 0 aliphatic heterocycles. The zero-order valence-corrected chi connectivity index (χ0v) is 10.9. The Morgan fingerprint density at radius 1 is 1.69 bits per heavy atom. The highest BCUT2D eigenvalue weighted by molar-refractivity contribution is 5.85. The first-order valence-corrected chi connectivity index (χ1v) is 6.17. The molecule has 0 bridgehead atoms. The van der Waals surface area contributed by atoms with Gasteiger partial charge >= 0.3 is 0 Å². The van der Waals surface area contributed by atoms with Crippen LogP contribution in [0, 0.1) is 0 Å². The van der Waals surface area contributed by atoms with E-state index >= 15 is 0 Å². The van der Waals surface area contributed by atoms with Crippen LogP contribution >= 0.6 is 0 Å². The minimum Gasteiger partial charge on any atom is -0.368 e. The van der Waals surface area contributed by atoms with Gasteiger partial charge in [0.05, 0.1) is 5.54 Å². The first kappa shape index (κ1) is 13.5. The Hall–Kier alpha value is -0.610. The Bertz CT molecular complexity index is 257. The molecule has 3 unspecified atom stereocenters. The van der Waals surface area contributed by atoms with Crippen molar-refractivity contribution in [1.82, 2.24) is 10.2 Å². The largest absolute Gasteiger partial charge is 0.368 e. The summed E-state index contributed by atoms with van der Waals surface area (Å²) in [7, 11) is 3.97. The zero-order chi connectivity index (χ0) is 12.3. The van der Waals surface area contributed by atoms with Crippen LogP contribution < -0.4 is 11.1 Å². The number of carbonyl (C=O) groups excluding carboxylic acids is 1. The van der Waals surface area contributed by atoms with Crippen LogP contribution in [0.3, 0.4) is 0 Å². The van der Waals surface area contributed by atoms with Gasteiger partial charge in [-0.25, -0.2) is 0 Å². The van der Waals surface area contributed by atoms with Gasteiger partial charge in [0.2, 0.25) is 5.91 Å². The van der Waals surface area contributed by atoms with Gasteiger partial charge in [0.15, 0.2) is 0 Å². The molecule has 3 atom stereocenters. The molecule has 94 valence electrons. The average molecular weight is 227 g/mol. The van der Waals surface area contributed by atoms with Gasteiger partial charge in [-0.1, -0.05) is 6.92 Å². The summed E-state index contributed by atoms with van der Waals surface area (Å²) in [6, 6.07) is 1.03. The van der Waals surface area contributed by atoms with Crippen LogP contribution in [0.15, 0.2) is 0 Å². The second kappa shape index (κ2) is 5.15. The number of hydrogen-bond acceptors (Lipinski definition) is 3. The number of rotatable bonds is 5. The smallest absolute Gasteiger partial charge is 0.237 e. The highest BCUT2D eigenvalue weighted by Crippen LogP contribution is 2.33. The van der Waals surface area contributed by atoms with Crippen molar-refractivity contribution in [1.29, 1.82) is 0 Å². The SMILES string of the molecule is CCC(C)N(C)C1CCC(NC)(C(N)=O)C1. The Labute approximate surface area is 98.6 Å². The lowest BCUT2D eigenvalue weighted by Crippen LogP contribution is -2.53. The molecular weight excluding hydrogens is 202 g/mol. The Balaban J connectivity index is 2.67. The van der Waals surface area contributed by atoms with Crippen LogP contribution in [0.4, 0.5) is 0 Å². The predicted molar refractivity (Wildman–Crippen MR) is 66.1 cm³/mol. The fraction of sp³-hybridized carbons (Fsp3) is 0.917. The number of likely N-dealkylation sites (N-methyl/N-ethyl adjacent to an activating group) is 1. The molecular formula is C12H25N3O. The van der Waals surface area contributed by atoms with E-state index in [0.29, 0.717) is 12.1 Å². The van der Waals surface area contributed by atoms with Crippen molar-refractivity contribution >= 4 is 5.91 Å². The third-order valence-electron chi connectivity index (χ3n) is 4.30. The van der Waals surface area contributed by atoms with Crippen LogP contribution in [-0.2, 0) is 4.79 Å². The van der Waals surface area contributed by atoms with Crippen LogP contribution in [0.2, 0.25) is 0 Å². The van der Waals surface area contributed by atoms with Crippen molar-refractivity contribution in [3.8, 4) is 0 Å². The second-order valence-corrected chi connectivity index (χ2v) is 5.02. The number of nitrogens with one attached hydrogen (secondary N) is 1. The fourth-order valence-electron chi connectivity index (χ4n) is 2.59. The summed E-state index contributed by atoms with van der Waals surface area (Å²) >= 11 is 0. The van der Waals surface area contributed by atoms with E-state index in [9.17, 15) is 4.79 Å². The maximum absolute atomic E-state index is 11.5. The lowest BCUT2D eigenvalue weighted by molar-refractivity contribution is -0.124. The minimum atomic E-state index is -0.480. The van der Waals surface area contributed by atoms with E-state index in [1.54, 1.807) is 0 Å². The van der Waals surface area contributed by atoms with Crippen LogP contribution in [0.5, 0.6) is 0 Å². The summed E-state index contributed by atoms with van der Waals surface area (Å²) in [5.41, 5.74) is 5.01. The summed E-state index contributed by atoms with van der Waals surface area (Å²) < 4.78 is 0. The number of hydrogen-bond donors (Lipinski definition) is 2. The maximum atomic E-state index is 11.5. The first-order chi connectivity index (χ1) is 7.46. The van der Waals surface area contributed by atoms with Gasteiger partial charge in [-0.2, -0.15) is 0 Å². The molecule has 0 aromatic heterocycles. The van der Waals surface area contributed by atoms with Crippen molar-refractivity contribution < 1.29 is 4.79 Å². The Morgan fingerprint density at radius 3 is 2.69 bits per heavy atom. The average Bonchev–Trinajstić information content (AvgIpc) is 2.72. The normalized spacial score (nSPS) is 31.9. The van der Waals surface area contributed by atoms with E-state index < -0.39 is 5.54 Å². The third kappa shape index (κ3) is 2.38. The molecule has 1 fully saturated rings. The molecule has 16 heavy (non-hydrogen) atoms. The number of nitrogens with two attached hydrogens (primary N) is 1. The number of nitrogens with zero attached hydrogens (tertiary/aromatic N) is 1. The van der Waals surface area contributed by atoms with Gasteiger partial charge < -0.3 is 16.0 Å². The molecule has 1 aliphatic carbocycles. The van der Waals surface area contributed by atoms with E-state index in [4.69, 9.17) is 5.73 Å². The van der Waals surface area contributed by atoms with Crippen molar-refractivity contribution in [2.75, 3.05) is 14.1 Å². The lowest BCUT2D eigenvalue weighted by atomic mass is 9.96. The first-order valence-electron chi connectivity index (χ1n) is 6.17. The van der Waals surface area contributed by atoms with Crippen molar-refractivity contribution in [3.63, 3.8) is 0 Å². The van der Waals surface area contributed by atoms with Crippen molar-refractivity contribution in [3.05, 3.63) is 0 Å². The monoisotopic (exact) mass is 227 g/mol. The summed E-state index contributed by atoms with van der Waals surface area (Å²) in [4.78, 5) is 13.9. The molecule has 1 rings (SSSR count). The van der Waals surface area contributed by atoms with E-state index in [1.165, 1.54) is 0 Å². The lowest BCUT2D eigenvalue weighted by Gasteiger charge is -2.32. The maximum Gasteiger partial charge on any atom is 0.237 e. The molecule has 0 heterocycles. The third-order valence-corrected chi connectivity index (χ3v) is 4.30. The molecule has 0 radical (unpaired) electrons. The van der Waals surface area contributed by atoms with Crippen LogP contribution in [0.25, 0.3) is 0 Å². The highest BCUT2D eigenvalue weighted by Gasteiger charge is 2.44. The van der Waals surface area contributed by atoms with E-state index in [2.05, 4.69) is 31.1 Å². The van der Waals surface area contributed by atoms with Crippen LogP contribution in [-0.4, -0.2) is 42.5 Å². The Kier molecular flexibility index (Phi) is 4.33. The van der Waals surface area contributed by atoms with E-state index in [0.717, 1.165) is 25.7 Å². The second-order valence-electron chi connectivity index (χ2n) is 5.02.